The molecule has 0 bridgehead atoms. The fourth-order valence-corrected chi connectivity index (χ4v) is 2.60. The van der Waals surface area contributed by atoms with Crippen molar-refractivity contribution in [3.05, 3.63) is 18.0 Å². The van der Waals surface area contributed by atoms with Crippen LogP contribution in [0.4, 0.5) is 0 Å². The lowest BCUT2D eigenvalue weighted by atomic mass is 9.78. The van der Waals surface area contributed by atoms with E-state index in [2.05, 4.69) is 10.2 Å². The van der Waals surface area contributed by atoms with Crippen LogP contribution in [0, 0.1) is 5.92 Å². The molecular formula is C12H18N2O2. The van der Waals surface area contributed by atoms with Gasteiger partial charge < -0.3 is 5.11 Å². The van der Waals surface area contributed by atoms with Crippen LogP contribution in [0.1, 0.15) is 50.0 Å². The van der Waals surface area contributed by atoms with E-state index in [0.29, 0.717) is 18.3 Å². The molecule has 0 aliphatic heterocycles. The predicted octanol–water partition coefficient (Wildman–Crippen LogP) is 2.55. The molecule has 0 radical (unpaired) electrons. The predicted molar refractivity (Wildman–Crippen MR) is 60.2 cm³/mol. The first kappa shape index (κ1) is 11.2. The molecule has 1 saturated carbocycles. The molecule has 0 aromatic carbocycles. The smallest absolute Gasteiger partial charge is 0.303 e. The highest BCUT2D eigenvalue weighted by atomic mass is 16.4. The second kappa shape index (κ2) is 5.14. The molecule has 1 aliphatic rings. The van der Waals surface area contributed by atoms with Crippen LogP contribution < -0.4 is 0 Å². The molecule has 1 fully saturated rings. The summed E-state index contributed by atoms with van der Waals surface area (Å²) in [4.78, 5) is 10.5. The van der Waals surface area contributed by atoms with Crippen LogP contribution in [-0.2, 0) is 4.79 Å². The highest BCUT2D eigenvalue weighted by Crippen LogP contribution is 2.36. The van der Waals surface area contributed by atoms with Crippen molar-refractivity contribution < 1.29 is 9.90 Å². The number of aromatic amines is 1. The number of hydrogen-bond donors (Lipinski definition) is 2. The molecule has 0 atom stereocenters. The van der Waals surface area contributed by atoms with Crippen LogP contribution in [0.2, 0.25) is 0 Å². The molecule has 1 aromatic rings. The Labute approximate surface area is 95.1 Å². The average molecular weight is 222 g/mol. The molecule has 4 heteroatoms. The molecule has 2 rings (SSSR count). The number of hydrogen-bond acceptors (Lipinski definition) is 2. The molecule has 2 N–H and O–H groups in total. The number of rotatable bonds is 4. The van der Waals surface area contributed by atoms with E-state index in [1.54, 1.807) is 0 Å². The Balaban J connectivity index is 1.76. The summed E-state index contributed by atoms with van der Waals surface area (Å²) in [6.07, 6.45) is 9.69. The van der Waals surface area contributed by atoms with E-state index >= 15 is 0 Å². The third-order valence-electron chi connectivity index (χ3n) is 3.60. The maximum atomic E-state index is 10.5. The molecule has 88 valence electrons. The number of aromatic nitrogens is 2. The minimum absolute atomic E-state index is 0.320. The van der Waals surface area contributed by atoms with Crippen molar-refractivity contribution in [2.75, 3.05) is 0 Å². The highest BCUT2D eigenvalue weighted by molar-refractivity contribution is 5.66. The second-order valence-electron chi connectivity index (χ2n) is 4.68. The van der Waals surface area contributed by atoms with Crippen molar-refractivity contribution in [1.29, 1.82) is 0 Å². The summed E-state index contributed by atoms with van der Waals surface area (Å²) in [5.41, 5.74) is 1.30. The van der Waals surface area contributed by atoms with Gasteiger partial charge in [0.25, 0.3) is 0 Å². The van der Waals surface area contributed by atoms with E-state index < -0.39 is 5.97 Å². The summed E-state index contributed by atoms with van der Waals surface area (Å²) >= 11 is 0. The van der Waals surface area contributed by atoms with Crippen molar-refractivity contribution in [2.45, 2.75) is 44.4 Å². The number of nitrogens with one attached hydrogen (secondary N) is 1. The topological polar surface area (TPSA) is 66.0 Å². The number of carbonyl (C=O) groups is 1. The Morgan fingerprint density at radius 2 is 2.19 bits per heavy atom. The highest BCUT2D eigenvalue weighted by Gasteiger charge is 2.23. The summed E-state index contributed by atoms with van der Waals surface area (Å²) in [7, 11) is 0. The fourth-order valence-electron chi connectivity index (χ4n) is 2.60. The Kier molecular flexibility index (Phi) is 3.59. The molecule has 0 saturated heterocycles. The van der Waals surface area contributed by atoms with Gasteiger partial charge in [-0.1, -0.05) is 0 Å². The molecule has 1 aromatic heterocycles. The van der Waals surface area contributed by atoms with E-state index in [4.69, 9.17) is 5.11 Å². The van der Waals surface area contributed by atoms with Crippen LogP contribution in [0.3, 0.4) is 0 Å². The molecule has 16 heavy (non-hydrogen) atoms. The third-order valence-corrected chi connectivity index (χ3v) is 3.60. The van der Waals surface area contributed by atoms with E-state index in [0.717, 1.165) is 19.3 Å². The number of H-pyrrole nitrogens is 1. The van der Waals surface area contributed by atoms with Gasteiger partial charge in [-0.05, 0) is 49.5 Å². The van der Waals surface area contributed by atoms with Gasteiger partial charge in [0.05, 0.1) is 6.20 Å². The van der Waals surface area contributed by atoms with E-state index in [-0.39, 0.29) is 0 Å². The molecule has 1 aliphatic carbocycles. The van der Waals surface area contributed by atoms with Gasteiger partial charge in [-0.2, -0.15) is 5.10 Å². The number of nitrogens with zero attached hydrogens (tertiary/aromatic N) is 1. The third kappa shape index (κ3) is 2.84. The number of carboxylic acid groups (broad SMARTS) is 1. The summed E-state index contributed by atoms with van der Waals surface area (Å²) in [6.45, 7) is 0. The normalized spacial score (nSPS) is 25.5. The molecule has 0 amide bonds. The van der Waals surface area contributed by atoms with Gasteiger partial charge >= 0.3 is 5.97 Å². The SMILES string of the molecule is O=C(O)CCC1CCC(c2cn[nH]c2)CC1. The van der Waals surface area contributed by atoms with Gasteiger partial charge in [0, 0.05) is 12.6 Å². The van der Waals surface area contributed by atoms with Gasteiger partial charge in [0.15, 0.2) is 0 Å². The van der Waals surface area contributed by atoms with Crippen LogP contribution in [-0.4, -0.2) is 21.3 Å². The zero-order valence-electron chi connectivity index (χ0n) is 9.35. The van der Waals surface area contributed by atoms with Crippen molar-refractivity contribution >= 4 is 5.97 Å². The quantitative estimate of drug-likeness (QED) is 0.822. The molecule has 1 heterocycles. The summed E-state index contributed by atoms with van der Waals surface area (Å²) < 4.78 is 0. The minimum atomic E-state index is -0.669. The van der Waals surface area contributed by atoms with E-state index in [1.807, 2.05) is 12.4 Å². The van der Waals surface area contributed by atoms with Gasteiger partial charge in [0.2, 0.25) is 0 Å². The molecule has 4 nitrogen and oxygen atoms in total. The molecule has 0 unspecified atom stereocenters. The zero-order valence-corrected chi connectivity index (χ0v) is 9.35. The number of carboxylic acids is 1. The van der Waals surface area contributed by atoms with Gasteiger partial charge in [0.1, 0.15) is 0 Å². The second-order valence-corrected chi connectivity index (χ2v) is 4.68. The Bertz CT molecular complexity index is 327. The Hall–Kier alpha value is -1.32. The van der Waals surface area contributed by atoms with Crippen molar-refractivity contribution in [3.8, 4) is 0 Å². The Morgan fingerprint density at radius 1 is 1.44 bits per heavy atom. The van der Waals surface area contributed by atoms with Crippen molar-refractivity contribution in [2.24, 2.45) is 5.92 Å². The van der Waals surface area contributed by atoms with Crippen LogP contribution >= 0.6 is 0 Å². The lowest BCUT2D eigenvalue weighted by Crippen LogP contribution is -2.14. The first-order valence-corrected chi connectivity index (χ1v) is 5.96. The zero-order chi connectivity index (χ0) is 11.4. The lowest BCUT2D eigenvalue weighted by Gasteiger charge is -2.27. The Morgan fingerprint density at radius 3 is 2.75 bits per heavy atom. The van der Waals surface area contributed by atoms with E-state index in [9.17, 15) is 4.79 Å². The lowest BCUT2D eigenvalue weighted by molar-refractivity contribution is -0.137. The van der Waals surface area contributed by atoms with Crippen molar-refractivity contribution in [3.63, 3.8) is 0 Å². The standard InChI is InChI=1S/C12H18N2O2/c15-12(16)6-3-9-1-4-10(5-2-9)11-7-13-14-8-11/h7-10H,1-6H2,(H,13,14)(H,15,16). The maximum absolute atomic E-state index is 10.5. The molecule has 0 spiro atoms. The van der Waals surface area contributed by atoms with Crippen LogP contribution in [0.15, 0.2) is 12.4 Å². The average Bonchev–Trinajstić information content (AvgIpc) is 2.80. The summed E-state index contributed by atoms with van der Waals surface area (Å²) in [5.74, 6) is 0.566. The van der Waals surface area contributed by atoms with E-state index in [1.165, 1.54) is 18.4 Å². The van der Waals surface area contributed by atoms with Crippen LogP contribution in [0.25, 0.3) is 0 Å². The first-order valence-electron chi connectivity index (χ1n) is 5.96. The van der Waals surface area contributed by atoms with Gasteiger partial charge in [-0.25, -0.2) is 0 Å². The van der Waals surface area contributed by atoms with Gasteiger partial charge in [-0.3, -0.25) is 9.89 Å². The molecular weight excluding hydrogens is 204 g/mol. The summed E-state index contributed by atoms with van der Waals surface area (Å²) in [6, 6.07) is 0. The summed E-state index contributed by atoms with van der Waals surface area (Å²) in [5, 5.41) is 15.5. The van der Waals surface area contributed by atoms with Crippen molar-refractivity contribution in [1.82, 2.24) is 10.2 Å². The minimum Gasteiger partial charge on any atom is -0.481 e. The maximum Gasteiger partial charge on any atom is 0.303 e. The number of aliphatic carboxylic acids is 1. The first-order chi connectivity index (χ1) is 7.75. The van der Waals surface area contributed by atoms with Crippen LogP contribution in [0.5, 0.6) is 0 Å². The van der Waals surface area contributed by atoms with Gasteiger partial charge in [-0.15, -0.1) is 0 Å². The largest absolute Gasteiger partial charge is 0.481 e. The monoisotopic (exact) mass is 222 g/mol. The fraction of sp³-hybridized carbons (Fsp3) is 0.667.